The van der Waals surface area contributed by atoms with Gasteiger partial charge in [-0.25, -0.2) is 8.42 Å². The number of carbonyl (C=O) groups excluding carboxylic acids is 2. The van der Waals surface area contributed by atoms with E-state index < -0.39 is 28.5 Å². The van der Waals surface area contributed by atoms with Crippen LogP contribution in [0.2, 0.25) is 10.0 Å². The third-order valence-corrected chi connectivity index (χ3v) is 9.54. The third-order valence-electron chi connectivity index (χ3n) is 6.64. The lowest BCUT2D eigenvalue weighted by atomic mass is 10.1. The number of amides is 2. The minimum absolute atomic E-state index is 0.00208. The largest absolute Gasteiger partial charge is 0.494 e. The summed E-state index contributed by atoms with van der Waals surface area (Å²) < 4.78 is 35.1. The molecule has 0 bridgehead atoms. The molecule has 0 spiro atoms. The van der Waals surface area contributed by atoms with E-state index in [1.165, 1.54) is 17.0 Å². The van der Waals surface area contributed by atoms with Gasteiger partial charge in [-0.3, -0.25) is 13.9 Å². The molecule has 0 saturated heterocycles. The highest BCUT2D eigenvalue weighted by atomic mass is 79.9. The van der Waals surface area contributed by atoms with Crippen LogP contribution in [0.5, 0.6) is 5.75 Å². The van der Waals surface area contributed by atoms with Crippen LogP contribution in [0.15, 0.2) is 76.1 Å². The zero-order valence-electron chi connectivity index (χ0n) is 23.8. The van der Waals surface area contributed by atoms with Crippen LogP contribution in [-0.4, -0.2) is 50.4 Å². The Morgan fingerprint density at radius 3 is 2.19 bits per heavy atom. The van der Waals surface area contributed by atoms with Gasteiger partial charge in [-0.05, 0) is 93.4 Å². The molecule has 0 saturated carbocycles. The van der Waals surface area contributed by atoms with Crippen molar-refractivity contribution < 1.29 is 22.7 Å². The maximum atomic E-state index is 14.1. The number of hydrogen-bond donors (Lipinski definition) is 1. The van der Waals surface area contributed by atoms with Crippen LogP contribution in [0.4, 0.5) is 5.69 Å². The summed E-state index contributed by atoms with van der Waals surface area (Å²) in [7, 11) is -4.20. The van der Waals surface area contributed by atoms with Gasteiger partial charge in [0.15, 0.2) is 0 Å². The fourth-order valence-corrected chi connectivity index (χ4v) is 6.17. The minimum atomic E-state index is -4.20. The summed E-state index contributed by atoms with van der Waals surface area (Å²) in [5.41, 5.74) is 0.817. The van der Waals surface area contributed by atoms with Gasteiger partial charge < -0.3 is 15.0 Å². The molecule has 3 aromatic rings. The highest BCUT2D eigenvalue weighted by molar-refractivity contribution is 9.10. The van der Waals surface area contributed by atoms with Crippen molar-refractivity contribution in [3.63, 3.8) is 0 Å². The lowest BCUT2D eigenvalue weighted by Gasteiger charge is -2.32. The lowest BCUT2D eigenvalue weighted by Crippen LogP contribution is -2.52. The highest BCUT2D eigenvalue weighted by Gasteiger charge is 2.33. The number of ether oxygens (including phenoxy) is 1. The number of nitrogens with zero attached hydrogens (tertiary/aromatic N) is 2. The van der Waals surface area contributed by atoms with Crippen molar-refractivity contribution in [3.05, 3.63) is 86.8 Å². The second-order valence-corrected chi connectivity index (χ2v) is 13.3. The number of rotatable bonds is 13. The fraction of sp³-hybridized carbons (Fsp3) is 0.333. The Balaban J connectivity index is 2.05. The molecule has 3 aromatic carbocycles. The quantitative estimate of drug-likeness (QED) is 0.215. The molecule has 8 nitrogen and oxygen atoms in total. The Morgan fingerprint density at radius 2 is 1.62 bits per heavy atom. The number of carbonyl (C=O) groups is 2. The second kappa shape index (κ2) is 15.1. The number of anilines is 1. The van der Waals surface area contributed by atoms with E-state index in [9.17, 15) is 18.0 Å². The predicted molar refractivity (Wildman–Crippen MR) is 171 cm³/mol. The summed E-state index contributed by atoms with van der Waals surface area (Å²) in [6.45, 7) is 7.08. The van der Waals surface area contributed by atoms with Gasteiger partial charge in [-0.2, -0.15) is 0 Å². The zero-order valence-corrected chi connectivity index (χ0v) is 27.7. The smallest absolute Gasteiger partial charge is 0.264 e. The molecule has 0 heterocycles. The van der Waals surface area contributed by atoms with Gasteiger partial charge in [0.05, 0.1) is 17.2 Å². The van der Waals surface area contributed by atoms with E-state index in [1.54, 1.807) is 61.5 Å². The zero-order chi connectivity index (χ0) is 31.0. The molecule has 0 unspecified atom stereocenters. The van der Waals surface area contributed by atoms with Gasteiger partial charge in [0.25, 0.3) is 10.0 Å². The molecule has 3 rings (SSSR count). The highest BCUT2D eigenvalue weighted by Crippen LogP contribution is 2.28. The molecule has 0 aromatic heterocycles. The van der Waals surface area contributed by atoms with Crippen molar-refractivity contribution in [1.82, 2.24) is 10.2 Å². The average molecular weight is 699 g/mol. The van der Waals surface area contributed by atoms with Crippen LogP contribution in [0.25, 0.3) is 0 Å². The first-order chi connectivity index (χ1) is 19.9. The van der Waals surface area contributed by atoms with Crippen LogP contribution >= 0.6 is 39.1 Å². The molecule has 226 valence electrons. The summed E-state index contributed by atoms with van der Waals surface area (Å²) in [5, 5.41) is 3.64. The Kier molecular flexibility index (Phi) is 12.1. The molecule has 2 amide bonds. The summed E-state index contributed by atoms with van der Waals surface area (Å²) in [6.07, 6.45) is 0.701. The number of nitrogens with one attached hydrogen (secondary N) is 1. The molecule has 0 fully saturated rings. The summed E-state index contributed by atoms with van der Waals surface area (Å²) >= 11 is 15.8. The first-order valence-electron chi connectivity index (χ1n) is 13.4. The minimum Gasteiger partial charge on any atom is -0.494 e. The van der Waals surface area contributed by atoms with Crippen LogP contribution in [0.1, 0.15) is 39.7 Å². The van der Waals surface area contributed by atoms with E-state index in [1.807, 2.05) is 20.8 Å². The van der Waals surface area contributed by atoms with Crippen LogP contribution in [0, 0.1) is 0 Å². The van der Waals surface area contributed by atoms with Gasteiger partial charge in [-0.1, -0.05) is 52.1 Å². The number of sulfonamides is 1. The maximum absolute atomic E-state index is 14.1. The van der Waals surface area contributed by atoms with E-state index in [4.69, 9.17) is 27.9 Å². The molecule has 2 atom stereocenters. The van der Waals surface area contributed by atoms with E-state index >= 15 is 0 Å². The van der Waals surface area contributed by atoms with Gasteiger partial charge >= 0.3 is 0 Å². The first kappa shape index (κ1) is 33.7. The van der Waals surface area contributed by atoms with Crippen molar-refractivity contribution >= 4 is 66.7 Å². The number of halogens is 3. The summed E-state index contributed by atoms with van der Waals surface area (Å²) in [4.78, 5) is 28.6. The Labute approximate surface area is 266 Å². The van der Waals surface area contributed by atoms with Crippen molar-refractivity contribution in [2.24, 2.45) is 0 Å². The SMILES string of the molecule is CCOc1ccc(N(CC(=O)N(Cc2ccc(Cl)cc2Cl)[C@H](C)C(=O)N[C@H](C)CC)S(=O)(=O)c2ccc(Br)cc2)cc1. The van der Waals surface area contributed by atoms with Crippen LogP contribution in [-0.2, 0) is 26.2 Å². The third kappa shape index (κ3) is 8.63. The summed E-state index contributed by atoms with van der Waals surface area (Å²) in [5.74, 6) is -0.406. The van der Waals surface area contributed by atoms with E-state index in [2.05, 4.69) is 21.2 Å². The molecule has 0 aliphatic rings. The lowest BCUT2D eigenvalue weighted by molar-refractivity contribution is -0.139. The standard InChI is InChI=1S/C30H34BrCl2N3O5S/c1-5-20(3)34-30(38)21(4)35(18-22-7-10-24(32)17-28(22)33)29(37)19-36(25-11-13-26(14-12-25)41-6-2)42(39,40)27-15-8-23(31)9-16-27/h7-17,20-21H,5-6,18-19H2,1-4H3,(H,34,38)/t20-,21-/m1/s1. The molecule has 1 N–H and O–H groups in total. The van der Waals surface area contributed by atoms with Gasteiger partial charge in [0.1, 0.15) is 18.3 Å². The second-order valence-electron chi connectivity index (χ2n) is 9.64. The van der Waals surface area contributed by atoms with Crippen molar-refractivity contribution in [1.29, 1.82) is 0 Å². The van der Waals surface area contributed by atoms with E-state index in [-0.39, 0.29) is 29.1 Å². The van der Waals surface area contributed by atoms with Crippen LogP contribution < -0.4 is 14.4 Å². The van der Waals surface area contributed by atoms with E-state index in [0.717, 1.165) is 4.31 Å². The number of hydrogen-bond acceptors (Lipinski definition) is 5. The molecule has 0 aliphatic carbocycles. The van der Waals surface area contributed by atoms with E-state index in [0.29, 0.717) is 38.9 Å². The predicted octanol–water partition coefficient (Wildman–Crippen LogP) is 6.68. The topological polar surface area (TPSA) is 96.0 Å². The monoisotopic (exact) mass is 697 g/mol. The number of benzene rings is 3. The van der Waals surface area contributed by atoms with Crippen molar-refractivity contribution in [3.8, 4) is 5.75 Å². The Hall–Kier alpha value is -2.79. The first-order valence-corrected chi connectivity index (χ1v) is 16.4. The summed E-state index contributed by atoms with van der Waals surface area (Å²) in [6, 6.07) is 16.4. The molecule has 0 aliphatic heterocycles. The molecular formula is C30H34BrCl2N3O5S. The van der Waals surface area contributed by atoms with Crippen molar-refractivity contribution in [2.45, 2.75) is 57.6 Å². The Morgan fingerprint density at radius 1 is 0.976 bits per heavy atom. The van der Waals surface area contributed by atoms with Crippen molar-refractivity contribution in [2.75, 3.05) is 17.5 Å². The van der Waals surface area contributed by atoms with Crippen LogP contribution in [0.3, 0.4) is 0 Å². The molecular weight excluding hydrogens is 665 g/mol. The van der Waals surface area contributed by atoms with Gasteiger partial charge in [-0.15, -0.1) is 0 Å². The molecule has 42 heavy (non-hydrogen) atoms. The average Bonchev–Trinajstić information content (AvgIpc) is 2.95. The fourth-order valence-electron chi connectivity index (χ4n) is 4.02. The van der Waals surface area contributed by atoms with Gasteiger partial charge in [0.2, 0.25) is 11.8 Å². The van der Waals surface area contributed by atoms with Gasteiger partial charge in [0, 0.05) is 27.1 Å². The molecule has 12 heteroatoms. The maximum Gasteiger partial charge on any atom is 0.264 e. The molecule has 0 radical (unpaired) electrons. The normalized spacial score (nSPS) is 12.7. The Bertz CT molecular complexity index is 1490.